The van der Waals surface area contributed by atoms with Gasteiger partial charge >= 0.3 is 5.97 Å². The number of nitrogens with zero attached hydrogens (tertiary/aromatic N) is 1. The molecule has 1 saturated heterocycles. The zero-order valence-electron chi connectivity index (χ0n) is 15.8. The molecule has 1 fully saturated rings. The van der Waals surface area contributed by atoms with Crippen molar-refractivity contribution >= 4 is 17.8 Å². The maximum absolute atomic E-state index is 12.7. The van der Waals surface area contributed by atoms with Crippen LogP contribution >= 0.6 is 0 Å². The minimum absolute atomic E-state index is 0.162. The predicted octanol–water partition coefficient (Wildman–Crippen LogP) is 3.00. The highest BCUT2D eigenvalue weighted by molar-refractivity contribution is 5.94. The Hall–Kier alpha value is -3.15. The van der Waals surface area contributed by atoms with Gasteiger partial charge in [-0.25, -0.2) is 0 Å². The molecule has 0 bridgehead atoms. The first-order valence-electron chi connectivity index (χ1n) is 9.41. The number of carboxylic acids is 1. The molecule has 2 aromatic rings. The molecular weight excluding hydrogens is 356 g/mol. The zero-order valence-corrected chi connectivity index (χ0v) is 15.8. The van der Waals surface area contributed by atoms with Crippen LogP contribution in [0, 0.1) is 5.92 Å². The third-order valence-corrected chi connectivity index (χ3v) is 5.10. The largest absolute Gasteiger partial charge is 0.481 e. The summed E-state index contributed by atoms with van der Waals surface area (Å²) in [6.45, 7) is 2.90. The molecule has 0 saturated carbocycles. The molecule has 3 rings (SSSR count). The standard InChI is InChI=1S/C22H24N2O4/c1-15(22(27)28)20(17-6-3-2-4-7-17)23-21(26)18-11-9-16(10-12-18)14-24-13-5-8-19(24)25/h2-4,6-7,9-12,15,20H,5,8,13-14H2,1H3,(H,23,26)(H,27,28). The number of hydrogen-bond acceptors (Lipinski definition) is 3. The highest BCUT2D eigenvalue weighted by atomic mass is 16.4. The van der Waals surface area contributed by atoms with E-state index in [4.69, 9.17) is 0 Å². The fourth-order valence-electron chi connectivity index (χ4n) is 3.38. The van der Waals surface area contributed by atoms with Crippen LogP contribution in [0.2, 0.25) is 0 Å². The van der Waals surface area contributed by atoms with E-state index in [0.717, 1.165) is 24.1 Å². The normalized spacial score (nSPS) is 15.9. The molecule has 2 amide bonds. The van der Waals surface area contributed by atoms with Gasteiger partial charge in [-0.15, -0.1) is 0 Å². The summed E-state index contributed by atoms with van der Waals surface area (Å²) in [5.41, 5.74) is 2.16. The van der Waals surface area contributed by atoms with E-state index < -0.39 is 17.9 Å². The number of carboxylic acid groups (broad SMARTS) is 1. The average Bonchev–Trinajstić information content (AvgIpc) is 3.11. The van der Waals surface area contributed by atoms with Crippen molar-refractivity contribution in [3.05, 3.63) is 71.3 Å². The molecule has 28 heavy (non-hydrogen) atoms. The number of aliphatic carboxylic acids is 1. The van der Waals surface area contributed by atoms with Crippen molar-refractivity contribution in [3.8, 4) is 0 Å². The van der Waals surface area contributed by atoms with Crippen LogP contribution < -0.4 is 5.32 Å². The fourth-order valence-corrected chi connectivity index (χ4v) is 3.38. The topological polar surface area (TPSA) is 86.7 Å². The van der Waals surface area contributed by atoms with Gasteiger partial charge in [-0.2, -0.15) is 0 Å². The number of likely N-dealkylation sites (tertiary alicyclic amines) is 1. The molecule has 2 aromatic carbocycles. The molecule has 0 radical (unpaired) electrons. The Morgan fingerprint density at radius 2 is 1.79 bits per heavy atom. The second-order valence-electron chi connectivity index (χ2n) is 7.10. The second kappa shape index (κ2) is 8.69. The van der Waals surface area contributed by atoms with Crippen molar-refractivity contribution in [2.75, 3.05) is 6.54 Å². The summed E-state index contributed by atoms with van der Waals surface area (Å²) in [6.07, 6.45) is 1.49. The predicted molar refractivity (Wildman–Crippen MR) is 105 cm³/mol. The molecule has 1 aliphatic rings. The Morgan fingerprint density at radius 3 is 2.36 bits per heavy atom. The molecule has 146 valence electrons. The highest BCUT2D eigenvalue weighted by Gasteiger charge is 2.27. The van der Waals surface area contributed by atoms with E-state index in [1.165, 1.54) is 0 Å². The molecule has 2 unspecified atom stereocenters. The molecule has 0 aromatic heterocycles. The molecule has 2 N–H and O–H groups in total. The highest BCUT2D eigenvalue weighted by Crippen LogP contribution is 2.23. The van der Waals surface area contributed by atoms with Crippen molar-refractivity contribution in [1.82, 2.24) is 10.2 Å². The summed E-state index contributed by atoms with van der Waals surface area (Å²) in [6, 6.07) is 15.5. The summed E-state index contributed by atoms with van der Waals surface area (Å²) in [4.78, 5) is 37.7. The molecule has 0 spiro atoms. The van der Waals surface area contributed by atoms with Gasteiger partial charge in [0.15, 0.2) is 0 Å². The number of amides is 2. The Balaban J connectivity index is 1.71. The Labute approximate surface area is 164 Å². The van der Waals surface area contributed by atoms with Gasteiger partial charge in [0, 0.05) is 25.1 Å². The van der Waals surface area contributed by atoms with Gasteiger partial charge in [0.05, 0.1) is 12.0 Å². The maximum atomic E-state index is 12.7. The third-order valence-electron chi connectivity index (χ3n) is 5.10. The van der Waals surface area contributed by atoms with Crippen LogP contribution in [0.1, 0.15) is 47.3 Å². The lowest BCUT2D eigenvalue weighted by molar-refractivity contribution is -0.142. The summed E-state index contributed by atoms with van der Waals surface area (Å²) >= 11 is 0. The van der Waals surface area contributed by atoms with Crippen LogP contribution in [0.15, 0.2) is 54.6 Å². The van der Waals surface area contributed by atoms with Gasteiger partial charge in [-0.1, -0.05) is 42.5 Å². The van der Waals surface area contributed by atoms with Crippen molar-refractivity contribution < 1.29 is 19.5 Å². The van der Waals surface area contributed by atoms with Gasteiger partial charge < -0.3 is 15.3 Å². The smallest absolute Gasteiger partial charge is 0.308 e. The molecule has 1 heterocycles. The van der Waals surface area contributed by atoms with Gasteiger partial charge in [-0.05, 0) is 36.6 Å². The molecule has 1 aliphatic heterocycles. The number of carbonyl (C=O) groups is 3. The number of carbonyl (C=O) groups excluding carboxylic acids is 2. The number of benzene rings is 2. The van der Waals surface area contributed by atoms with Crippen LogP contribution in [0.5, 0.6) is 0 Å². The summed E-state index contributed by atoms with van der Waals surface area (Å²) in [5, 5.41) is 12.3. The van der Waals surface area contributed by atoms with Gasteiger partial charge in [0.2, 0.25) is 5.91 Å². The lowest BCUT2D eigenvalue weighted by Crippen LogP contribution is -2.35. The lowest BCUT2D eigenvalue weighted by atomic mass is 9.94. The minimum Gasteiger partial charge on any atom is -0.481 e. The van der Waals surface area contributed by atoms with Crippen LogP contribution in [0.3, 0.4) is 0 Å². The van der Waals surface area contributed by atoms with Crippen LogP contribution in [0.25, 0.3) is 0 Å². The summed E-state index contributed by atoms with van der Waals surface area (Å²) in [7, 11) is 0. The van der Waals surface area contributed by atoms with Crippen molar-refractivity contribution in [3.63, 3.8) is 0 Å². The van der Waals surface area contributed by atoms with Crippen molar-refractivity contribution in [2.24, 2.45) is 5.92 Å². The van der Waals surface area contributed by atoms with E-state index in [9.17, 15) is 19.5 Å². The maximum Gasteiger partial charge on any atom is 0.308 e. The number of nitrogens with one attached hydrogen (secondary N) is 1. The van der Waals surface area contributed by atoms with E-state index in [0.29, 0.717) is 18.5 Å². The van der Waals surface area contributed by atoms with E-state index in [-0.39, 0.29) is 11.8 Å². The van der Waals surface area contributed by atoms with E-state index in [1.807, 2.05) is 35.2 Å². The number of rotatable bonds is 7. The quantitative estimate of drug-likeness (QED) is 0.773. The van der Waals surface area contributed by atoms with Crippen LogP contribution in [-0.2, 0) is 16.1 Å². The van der Waals surface area contributed by atoms with Crippen molar-refractivity contribution in [1.29, 1.82) is 0 Å². The average molecular weight is 380 g/mol. The first-order valence-corrected chi connectivity index (χ1v) is 9.41. The van der Waals surface area contributed by atoms with Crippen molar-refractivity contribution in [2.45, 2.75) is 32.4 Å². The monoisotopic (exact) mass is 380 g/mol. The van der Waals surface area contributed by atoms with Crippen LogP contribution in [0.4, 0.5) is 0 Å². The third kappa shape index (κ3) is 4.57. The van der Waals surface area contributed by atoms with E-state index in [2.05, 4.69) is 5.32 Å². The van der Waals surface area contributed by atoms with E-state index >= 15 is 0 Å². The van der Waals surface area contributed by atoms with Gasteiger partial charge in [0.25, 0.3) is 5.91 Å². The lowest BCUT2D eigenvalue weighted by Gasteiger charge is -2.23. The Kier molecular flexibility index (Phi) is 6.09. The first kappa shape index (κ1) is 19.6. The molecule has 6 nitrogen and oxygen atoms in total. The first-order chi connectivity index (χ1) is 13.5. The Morgan fingerprint density at radius 1 is 1.11 bits per heavy atom. The SMILES string of the molecule is CC(C(=O)O)C(NC(=O)c1ccc(CN2CCCC2=O)cc1)c1ccccc1. The van der Waals surface area contributed by atoms with E-state index in [1.54, 1.807) is 31.2 Å². The van der Waals surface area contributed by atoms with Crippen LogP contribution in [-0.4, -0.2) is 34.3 Å². The van der Waals surface area contributed by atoms with Gasteiger partial charge in [0.1, 0.15) is 0 Å². The molecule has 2 atom stereocenters. The summed E-state index contributed by atoms with van der Waals surface area (Å²) < 4.78 is 0. The number of hydrogen-bond donors (Lipinski definition) is 2. The van der Waals surface area contributed by atoms with Gasteiger partial charge in [-0.3, -0.25) is 14.4 Å². The Bertz CT molecular complexity index is 849. The minimum atomic E-state index is -0.972. The zero-order chi connectivity index (χ0) is 20.1. The molecular formula is C22H24N2O4. The second-order valence-corrected chi connectivity index (χ2v) is 7.10. The molecule has 6 heteroatoms. The summed E-state index contributed by atoms with van der Waals surface area (Å²) in [5.74, 6) is -1.91. The fraction of sp³-hybridized carbons (Fsp3) is 0.318. The molecule has 0 aliphatic carbocycles.